The van der Waals surface area contributed by atoms with Crippen LogP contribution in [0.25, 0.3) is 0 Å². The molecule has 0 amide bonds. The predicted octanol–water partition coefficient (Wildman–Crippen LogP) is 15.4. The third-order valence-corrected chi connectivity index (χ3v) is 40.9. The molecule has 4 bridgehead atoms. The fraction of sp³-hybridized carbons (Fsp3) is 0.378. The van der Waals surface area contributed by atoms with E-state index in [0.29, 0.717) is 68.8 Å². The van der Waals surface area contributed by atoms with Crippen molar-refractivity contribution in [1.29, 1.82) is 0 Å². The second kappa shape index (κ2) is 48.1. The van der Waals surface area contributed by atoms with Gasteiger partial charge in [-0.05, 0) is 469 Å². The number of fused-ring (bicyclic) bond motifs is 3. The zero-order chi connectivity index (χ0) is 94.4. The molecule has 53 heteroatoms. The summed E-state index contributed by atoms with van der Waals surface area (Å²) in [4.78, 5) is 126. The number of benzene rings is 6. The monoisotopic (exact) mass is 3520 g/mol. The Kier molecular flexibility index (Phi) is 42.1. The fourth-order valence-electron chi connectivity index (χ4n) is 14.2. The Morgan fingerprint density at radius 3 is 1.22 bits per heavy atom. The number of carbonyl (C=O) groups is 10. The van der Waals surface area contributed by atoms with E-state index in [1.807, 2.05) is 166 Å². The van der Waals surface area contributed by atoms with Crippen LogP contribution in [-0.2, 0) is 97.5 Å². The van der Waals surface area contributed by atoms with Crippen LogP contribution in [-0.4, -0.2) is 185 Å². The third kappa shape index (κ3) is 31.2. The van der Waals surface area contributed by atoms with Crippen molar-refractivity contribution in [1.82, 2.24) is 0 Å². The van der Waals surface area contributed by atoms with Crippen molar-refractivity contribution >= 4 is 439 Å². The van der Waals surface area contributed by atoms with Gasteiger partial charge in [-0.25, -0.2) is 62.4 Å². The molecule has 5 saturated carbocycles. The summed E-state index contributed by atoms with van der Waals surface area (Å²) in [5.74, 6) is -12.9. The molecule has 12 rings (SSSR count). The highest BCUT2D eigenvalue weighted by atomic mass is 127. The molecule has 5 aliphatic carbocycles. The summed E-state index contributed by atoms with van der Waals surface area (Å²) in [5.41, 5.74) is 1.24. The van der Waals surface area contributed by atoms with Crippen molar-refractivity contribution in [2.24, 2.45) is 47.3 Å². The molecule has 6 aliphatic rings. The Labute approximate surface area is 928 Å². The molecule has 6 aromatic rings. The minimum atomic E-state index is -6.12. The van der Waals surface area contributed by atoms with Crippen molar-refractivity contribution in [3.05, 3.63) is 166 Å². The maximum absolute atomic E-state index is 13.6. The highest BCUT2D eigenvalue weighted by molar-refractivity contribution is 14.1. The lowest BCUT2D eigenvalue weighted by molar-refractivity contribution is -0.157. The van der Waals surface area contributed by atoms with Crippen LogP contribution in [0, 0.1) is 101 Å². The summed E-state index contributed by atoms with van der Waals surface area (Å²) < 4.78 is 220. The number of hydrogen-bond acceptors (Lipinski definition) is 32. The van der Waals surface area contributed by atoms with E-state index in [4.69, 9.17) is 42.6 Å². The van der Waals surface area contributed by atoms with E-state index >= 15 is 0 Å². The average Bonchev–Trinajstić information content (AvgIpc) is 1.54. The molecule has 0 N–H and O–H groups in total. The first-order chi connectivity index (χ1) is 59.0. The van der Waals surface area contributed by atoms with Gasteiger partial charge in [0.2, 0.25) is 0 Å². The van der Waals surface area contributed by atoms with Gasteiger partial charge in [-0.15, -0.1) is 0 Å². The molecule has 12 atom stereocenters. The second-order valence-electron chi connectivity index (χ2n) is 28.2. The quantitative estimate of drug-likeness (QED) is 0.0121. The van der Waals surface area contributed by atoms with Gasteiger partial charge in [0.15, 0.2) is 16.7 Å². The molecular formula is C74H55F2I15O32S4-4. The van der Waals surface area contributed by atoms with E-state index in [1.54, 1.807) is 30.3 Å². The van der Waals surface area contributed by atoms with E-state index in [2.05, 4.69) is 208 Å². The van der Waals surface area contributed by atoms with Crippen LogP contribution < -0.4 is 9.47 Å². The van der Waals surface area contributed by atoms with Gasteiger partial charge in [0.05, 0.1) is 92.8 Å². The second-order valence-corrected chi connectivity index (χ2v) is 51.7. The minimum absolute atomic E-state index is 0.134. The molecule has 1 heterocycles. The lowest BCUT2D eigenvalue weighted by atomic mass is 9.80. The van der Waals surface area contributed by atoms with Crippen LogP contribution >= 0.6 is 339 Å². The van der Waals surface area contributed by atoms with E-state index in [0.717, 1.165) is 71.0 Å². The van der Waals surface area contributed by atoms with Crippen molar-refractivity contribution < 1.29 is 156 Å². The van der Waals surface area contributed by atoms with E-state index in [1.165, 1.54) is 0 Å². The van der Waals surface area contributed by atoms with Crippen LogP contribution in [0.3, 0.4) is 0 Å². The normalized spacial score (nSPS) is 21.4. The molecule has 6 fully saturated rings. The molecule has 6 aromatic carbocycles. The maximum atomic E-state index is 13.6. The molecule has 32 nitrogen and oxygen atoms in total. The van der Waals surface area contributed by atoms with Crippen LogP contribution in [0.5, 0.6) is 11.5 Å². The van der Waals surface area contributed by atoms with Crippen LogP contribution in [0.2, 0.25) is 0 Å². The van der Waals surface area contributed by atoms with E-state index < -0.39 is 203 Å². The van der Waals surface area contributed by atoms with Crippen molar-refractivity contribution in [3.63, 3.8) is 0 Å². The van der Waals surface area contributed by atoms with Gasteiger partial charge in [0.1, 0.15) is 67.6 Å². The first kappa shape index (κ1) is 111. The predicted molar refractivity (Wildman–Crippen MR) is 563 cm³/mol. The summed E-state index contributed by atoms with van der Waals surface area (Å²) in [5, 5.41) is -4.89. The largest absolute Gasteiger partial charge is 0.748 e. The lowest BCUT2D eigenvalue weighted by Gasteiger charge is -2.30. The van der Waals surface area contributed by atoms with Crippen molar-refractivity contribution in [2.45, 2.75) is 81.0 Å². The lowest BCUT2D eigenvalue weighted by Crippen LogP contribution is -2.43. The smallest absolute Gasteiger partial charge is 0.367 e. The molecule has 0 radical (unpaired) electrons. The number of halogens is 17. The van der Waals surface area contributed by atoms with Crippen LogP contribution in [0.1, 0.15) is 114 Å². The molecule has 1 saturated heterocycles. The minimum Gasteiger partial charge on any atom is -0.748 e. The Balaban J connectivity index is 0.000000194. The molecule has 690 valence electrons. The summed E-state index contributed by atoms with van der Waals surface area (Å²) in [6, 6.07) is 20.9. The fourth-order valence-corrected chi connectivity index (χ4v) is 27.2. The van der Waals surface area contributed by atoms with Gasteiger partial charge in [-0.2, -0.15) is 8.78 Å². The van der Waals surface area contributed by atoms with Gasteiger partial charge in [0.25, 0.3) is 0 Å². The molecule has 12 unspecified atom stereocenters. The summed E-state index contributed by atoms with van der Waals surface area (Å²) >= 11 is 31.2. The third-order valence-electron chi connectivity index (χ3n) is 19.7. The standard InChI is InChI=1S/C23H10F2I6O9S.C18H15I3O9S.C17H17I3O7S.C16H17I3O7S/c24-23(25,41(35,36)37)8-38-20(32)9-1-12(39-21(33)14-3-10(26)5-16(28)18(14)30)7-13(2-9)40-22(34)15-4-11(27)6-17(29)19(15)31;19-6-3-9(13(21)10(20)4-6)16(22)29-15-7-5-8-12(15)18(24)30-14(8)11(7)17(23)28-1-2-31(25,26)27;18-9-6-12(15(20)13(19)7-9)17(22)27-14-5-8-3-10(14)11(4-8)16(21)26-1-2-28(23,24)25;17-10-7-12(14(19)13(18)8-10)16(21)26-11-3-1-2-9(6-11)15(20)25-4-5-27(22,23)24/h1-7H,8H2,(H,35,36,37);3-4,7-8,11-12,14-15H,1-2,5H2,(H,25,26,27);6-8,10-11,14H,1-5H2,(H,23,24,25);7-9,11H,1-6H2,(H,22,23,24)/p-4. The number of ether oxygens (including phenoxy) is 10. The number of carbonyl (C=O) groups excluding carboxylic acids is 10. The molecular weight excluding hydrogens is 3470 g/mol. The summed E-state index contributed by atoms with van der Waals surface area (Å²) in [6.45, 7) is -3.53. The highest BCUT2D eigenvalue weighted by Crippen LogP contribution is 2.59. The molecule has 127 heavy (non-hydrogen) atoms. The zero-order valence-electron chi connectivity index (χ0n) is 63.2. The number of esters is 10. The SMILES string of the molecule is O=C(OC1C2CC3C(OC(=O)C31)C2C(=O)OCCS(=O)(=O)[O-])c1cc(I)cc(I)c1I.O=C(OC1CC2CC(C(=O)OCCS(=O)(=O)[O-])C1C2)c1cc(I)cc(I)c1I.O=C(OC1CCCC(C(=O)OCCS(=O)(=O)[O-])C1)c1cc(I)cc(I)c1I.O=C(OCC(F)(F)S(=O)(=O)[O-])c1cc(OC(=O)c2cc(I)cc(I)c2I)cc(OC(=O)c2cc(I)cc(I)c2I)c1. The number of rotatable bonds is 26. The van der Waals surface area contributed by atoms with Gasteiger partial charge in [-0.3, -0.25) is 19.2 Å². The maximum Gasteiger partial charge on any atom is 0.367 e. The number of alkyl halides is 2. The summed E-state index contributed by atoms with van der Waals surface area (Å²) in [7, 11) is -19.5. The Morgan fingerprint density at radius 2 is 0.811 bits per heavy atom. The Hall–Kier alpha value is 0.470. The summed E-state index contributed by atoms with van der Waals surface area (Å²) in [6.07, 6.45) is 2.55. The van der Waals surface area contributed by atoms with Gasteiger partial charge >= 0.3 is 64.9 Å². The molecule has 0 spiro atoms. The van der Waals surface area contributed by atoms with Crippen LogP contribution in [0.15, 0.2) is 78.9 Å². The van der Waals surface area contributed by atoms with Gasteiger partial charge in [-0.1, -0.05) is 0 Å². The zero-order valence-corrected chi connectivity index (χ0v) is 98.8. The Bertz CT molecular complexity index is 5770. The molecule has 0 aromatic heterocycles. The number of hydrogen-bond donors (Lipinski definition) is 0. The Morgan fingerprint density at radius 1 is 0.417 bits per heavy atom. The van der Waals surface area contributed by atoms with Crippen molar-refractivity contribution in [2.75, 3.05) is 43.7 Å². The molecule has 1 aliphatic heterocycles. The topological polar surface area (TPSA) is 492 Å². The first-order valence-corrected chi connectivity index (χ1v) is 58.3. The highest BCUT2D eigenvalue weighted by Gasteiger charge is 2.70. The van der Waals surface area contributed by atoms with Crippen LogP contribution in [0.4, 0.5) is 8.78 Å². The van der Waals surface area contributed by atoms with Crippen molar-refractivity contribution in [3.8, 4) is 11.5 Å². The van der Waals surface area contributed by atoms with E-state index in [-0.39, 0.29) is 46.5 Å². The van der Waals surface area contributed by atoms with E-state index in [9.17, 15) is 109 Å². The van der Waals surface area contributed by atoms with Gasteiger partial charge in [0, 0.05) is 77.4 Å². The average molecular weight is 3530 g/mol. The first-order valence-electron chi connectivity index (χ1n) is 36.0. The van der Waals surface area contributed by atoms with Gasteiger partial charge < -0.3 is 65.6 Å².